The molecule has 0 unspecified atom stereocenters. The van der Waals surface area contributed by atoms with E-state index in [9.17, 15) is 4.79 Å². The highest BCUT2D eigenvalue weighted by Gasteiger charge is 2.04. The van der Waals surface area contributed by atoms with E-state index in [1.165, 1.54) is 0 Å². The summed E-state index contributed by atoms with van der Waals surface area (Å²) in [6, 6.07) is 10.9. The van der Waals surface area contributed by atoms with Crippen LogP contribution in [0.1, 0.15) is 15.9 Å². The minimum Gasteiger partial charge on any atom is -0.478 e. The van der Waals surface area contributed by atoms with E-state index in [-0.39, 0.29) is 0 Å². The smallest absolute Gasteiger partial charge is 0.335 e. The third-order valence-electron chi connectivity index (χ3n) is 2.38. The van der Waals surface area contributed by atoms with Gasteiger partial charge in [0, 0.05) is 0 Å². The molecule has 74 valence electrons. The predicted molar refractivity (Wildman–Crippen MR) is 61.0 cm³/mol. The highest BCUT2D eigenvalue weighted by atomic mass is 16.4. The molecule has 0 amide bonds. The standard InChI is InChI=1S/C13H10O2/c1-2-9-4-3-5-10-6-7-11(13(14)15)8-12(9)10/h2-8H,1H2,(H,14,15). The number of hydrogen-bond acceptors (Lipinski definition) is 1. The predicted octanol–water partition coefficient (Wildman–Crippen LogP) is 3.18. The van der Waals surface area contributed by atoms with Crippen molar-refractivity contribution in [1.82, 2.24) is 0 Å². The molecule has 15 heavy (non-hydrogen) atoms. The average Bonchev–Trinajstić information content (AvgIpc) is 2.27. The zero-order valence-corrected chi connectivity index (χ0v) is 8.10. The lowest BCUT2D eigenvalue weighted by atomic mass is 10.0. The molecular weight excluding hydrogens is 188 g/mol. The van der Waals surface area contributed by atoms with Crippen LogP contribution in [-0.4, -0.2) is 11.1 Å². The Morgan fingerprint density at radius 2 is 2.07 bits per heavy atom. The van der Waals surface area contributed by atoms with Crippen molar-refractivity contribution in [3.63, 3.8) is 0 Å². The molecule has 0 spiro atoms. The average molecular weight is 198 g/mol. The van der Waals surface area contributed by atoms with Crippen molar-refractivity contribution in [2.75, 3.05) is 0 Å². The van der Waals surface area contributed by atoms with Gasteiger partial charge in [-0.05, 0) is 28.5 Å². The molecule has 0 fully saturated rings. The molecule has 2 aromatic carbocycles. The zero-order chi connectivity index (χ0) is 10.8. The van der Waals surface area contributed by atoms with Crippen LogP contribution in [0.4, 0.5) is 0 Å². The van der Waals surface area contributed by atoms with Crippen molar-refractivity contribution < 1.29 is 9.90 Å². The number of carboxylic acid groups (broad SMARTS) is 1. The van der Waals surface area contributed by atoms with Gasteiger partial charge in [-0.25, -0.2) is 4.79 Å². The fourth-order valence-corrected chi connectivity index (χ4v) is 1.61. The third-order valence-corrected chi connectivity index (χ3v) is 2.38. The van der Waals surface area contributed by atoms with Gasteiger partial charge in [0.2, 0.25) is 0 Å². The summed E-state index contributed by atoms with van der Waals surface area (Å²) in [7, 11) is 0. The number of hydrogen-bond donors (Lipinski definition) is 1. The minimum atomic E-state index is -0.907. The van der Waals surface area contributed by atoms with Crippen molar-refractivity contribution in [3.05, 3.63) is 54.1 Å². The van der Waals surface area contributed by atoms with Crippen LogP contribution < -0.4 is 0 Å². The van der Waals surface area contributed by atoms with E-state index in [2.05, 4.69) is 6.58 Å². The second-order valence-corrected chi connectivity index (χ2v) is 3.29. The Balaban J connectivity index is 2.78. The Bertz CT molecular complexity index is 541. The lowest BCUT2D eigenvalue weighted by molar-refractivity contribution is 0.0697. The second kappa shape index (κ2) is 3.58. The monoisotopic (exact) mass is 198 g/mol. The van der Waals surface area contributed by atoms with Gasteiger partial charge in [0.25, 0.3) is 0 Å². The van der Waals surface area contributed by atoms with Crippen LogP contribution in [0, 0.1) is 0 Å². The molecule has 2 aromatic rings. The number of fused-ring (bicyclic) bond motifs is 1. The normalized spacial score (nSPS) is 10.1. The number of aromatic carboxylic acids is 1. The Morgan fingerprint density at radius 1 is 1.27 bits per heavy atom. The summed E-state index contributed by atoms with van der Waals surface area (Å²) in [6.45, 7) is 3.71. The molecule has 0 aliphatic rings. The first-order valence-electron chi connectivity index (χ1n) is 4.61. The summed E-state index contributed by atoms with van der Waals surface area (Å²) in [4.78, 5) is 10.8. The van der Waals surface area contributed by atoms with E-state index in [1.807, 2.05) is 24.3 Å². The SMILES string of the molecule is C=Cc1cccc2ccc(C(=O)O)cc12. The number of benzene rings is 2. The summed E-state index contributed by atoms with van der Waals surface area (Å²) >= 11 is 0. The molecule has 2 rings (SSSR count). The molecule has 0 radical (unpaired) electrons. The Hall–Kier alpha value is -2.09. The van der Waals surface area contributed by atoms with Gasteiger partial charge in [0.05, 0.1) is 5.56 Å². The topological polar surface area (TPSA) is 37.3 Å². The van der Waals surface area contributed by atoms with Crippen LogP contribution >= 0.6 is 0 Å². The van der Waals surface area contributed by atoms with Gasteiger partial charge in [-0.3, -0.25) is 0 Å². The fraction of sp³-hybridized carbons (Fsp3) is 0. The molecule has 0 saturated carbocycles. The third kappa shape index (κ3) is 1.62. The quantitative estimate of drug-likeness (QED) is 0.804. The largest absolute Gasteiger partial charge is 0.478 e. The first-order valence-corrected chi connectivity index (χ1v) is 4.61. The zero-order valence-electron chi connectivity index (χ0n) is 8.10. The highest BCUT2D eigenvalue weighted by molar-refractivity contribution is 5.97. The van der Waals surface area contributed by atoms with Gasteiger partial charge in [-0.2, -0.15) is 0 Å². The van der Waals surface area contributed by atoms with Crippen molar-refractivity contribution in [1.29, 1.82) is 0 Å². The lowest BCUT2D eigenvalue weighted by Crippen LogP contribution is -1.95. The number of rotatable bonds is 2. The summed E-state index contributed by atoms with van der Waals surface area (Å²) in [6.07, 6.45) is 1.73. The van der Waals surface area contributed by atoms with E-state index < -0.39 is 5.97 Å². The van der Waals surface area contributed by atoms with Crippen LogP contribution in [0.25, 0.3) is 16.8 Å². The first kappa shape index (κ1) is 9.46. The van der Waals surface area contributed by atoms with Crippen LogP contribution in [0.2, 0.25) is 0 Å². The Kier molecular flexibility index (Phi) is 2.26. The summed E-state index contributed by atoms with van der Waals surface area (Å²) in [5.74, 6) is -0.907. The number of carboxylic acids is 1. The van der Waals surface area contributed by atoms with Crippen LogP contribution in [-0.2, 0) is 0 Å². The minimum absolute atomic E-state index is 0.303. The van der Waals surface area contributed by atoms with Gasteiger partial charge in [-0.1, -0.05) is 36.9 Å². The van der Waals surface area contributed by atoms with Gasteiger partial charge >= 0.3 is 5.97 Å². The maximum Gasteiger partial charge on any atom is 0.335 e. The maximum atomic E-state index is 10.8. The van der Waals surface area contributed by atoms with E-state index in [4.69, 9.17) is 5.11 Å². The van der Waals surface area contributed by atoms with Crippen molar-refractivity contribution in [2.24, 2.45) is 0 Å². The van der Waals surface area contributed by atoms with E-state index in [1.54, 1.807) is 18.2 Å². The second-order valence-electron chi connectivity index (χ2n) is 3.29. The lowest BCUT2D eigenvalue weighted by Gasteiger charge is -2.03. The van der Waals surface area contributed by atoms with Gasteiger partial charge in [0.15, 0.2) is 0 Å². The Labute approximate surface area is 87.5 Å². The van der Waals surface area contributed by atoms with Crippen LogP contribution in [0.5, 0.6) is 0 Å². The molecule has 2 nitrogen and oxygen atoms in total. The van der Waals surface area contributed by atoms with Crippen LogP contribution in [0.3, 0.4) is 0 Å². The molecule has 0 saturated heterocycles. The molecule has 0 heterocycles. The molecule has 0 aromatic heterocycles. The highest BCUT2D eigenvalue weighted by Crippen LogP contribution is 2.21. The summed E-state index contributed by atoms with van der Waals surface area (Å²) in [5.41, 5.74) is 1.26. The molecule has 0 atom stereocenters. The van der Waals surface area contributed by atoms with E-state index >= 15 is 0 Å². The van der Waals surface area contributed by atoms with E-state index in [0.29, 0.717) is 5.56 Å². The molecular formula is C13H10O2. The van der Waals surface area contributed by atoms with Crippen molar-refractivity contribution in [3.8, 4) is 0 Å². The van der Waals surface area contributed by atoms with Gasteiger partial charge in [0.1, 0.15) is 0 Å². The summed E-state index contributed by atoms with van der Waals surface area (Å²) < 4.78 is 0. The maximum absolute atomic E-state index is 10.8. The fourth-order valence-electron chi connectivity index (χ4n) is 1.61. The van der Waals surface area contributed by atoms with E-state index in [0.717, 1.165) is 16.3 Å². The van der Waals surface area contributed by atoms with Crippen molar-refractivity contribution in [2.45, 2.75) is 0 Å². The molecule has 2 heteroatoms. The molecule has 0 bridgehead atoms. The molecule has 0 aliphatic carbocycles. The van der Waals surface area contributed by atoms with Crippen LogP contribution in [0.15, 0.2) is 43.0 Å². The summed E-state index contributed by atoms with van der Waals surface area (Å²) in [5, 5.41) is 10.8. The van der Waals surface area contributed by atoms with Crippen molar-refractivity contribution >= 4 is 22.8 Å². The first-order chi connectivity index (χ1) is 7.22. The number of carbonyl (C=O) groups is 1. The molecule has 0 aliphatic heterocycles. The molecule has 1 N–H and O–H groups in total. The Morgan fingerprint density at radius 3 is 2.73 bits per heavy atom. The van der Waals surface area contributed by atoms with Gasteiger partial charge in [-0.15, -0.1) is 0 Å². The van der Waals surface area contributed by atoms with Gasteiger partial charge < -0.3 is 5.11 Å².